The summed E-state index contributed by atoms with van der Waals surface area (Å²) in [5.41, 5.74) is 8.83. The van der Waals surface area contributed by atoms with Gasteiger partial charge in [-0.3, -0.25) is 24.3 Å². The van der Waals surface area contributed by atoms with Gasteiger partial charge in [0, 0.05) is 56.1 Å². The Bertz CT molecular complexity index is 1420. The lowest BCUT2D eigenvalue weighted by Crippen LogP contribution is -2.51. The zero-order valence-corrected chi connectivity index (χ0v) is 22.7. The number of benzene rings is 1. The zero-order chi connectivity index (χ0) is 28.9. The number of fused-ring (bicyclic) bond motifs is 1. The molecule has 2 aliphatic rings. The van der Waals surface area contributed by atoms with E-state index in [1.807, 2.05) is 25.1 Å². The van der Waals surface area contributed by atoms with Crippen molar-refractivity contribution < 1.29 is 28.7 Å². The number of nitrogens with zero attached hydrogens (tertiary/aromatic N) is 6. The third-order valence-electron chi connectivity index (χ3n) is 7.10. The first-order valence-corrected chi connectivity index (χ1v) is 13.4. The molecule has 216 valence electrons. The van der Waals surface area contributed by atoms with E-state index in [4.69, 9.17) is 15.2 Å². The fraction of sp³-hybridized carbons (Fsp3) is 0.407. The number of cyclic esters (lactones) is 1. The number of rotatable bonds is 9. The average Bonchev–Trinajstić information content (AvgIpc) is 3.61. The van der Waals surface area contributed by atoms with E-state index >= 15 is 0 Å². The summed E-state index contributed by atoms with van der Waals surface area (Å²) in [4.78, 5) is 62.8. The van der Waals surface area contributed by atoms with Crippen molar-refractivity contribution in [2.45, 2.75) is 19.4 Å². The summed E-state index contributed by atoms with van der Waals surface area (Å²) in [6.07, 6.45) is 6.14. The smallest absolute Gasteiger partial charge is 0.414 e. The fourth-order valence-electron chi connectivity index (χ4n) is 4.90. The van der Waals surface area contributed by atoms with E-state index < -0.39 is 24.1 Å². The SMILES string of the molecule is CCc1cc(N2C[C@H](COC(=O)CN)OC2=O)ccc1N1CCN(C(=O)CNC(=O)c2cn3ccncc3n2)CC1. The predicted molar refractivity (Wildman–Crippen MR) is 148 cm³/mol. The lowest BCUT2D eigenvalue weighted by molar-refractivity contribution is -0.144. The number of imidazole rings is 1. The molecule has 0 aliphatic carbocycles. The molecule has 0 bridgehead atoms. The summed E-state index contributed by atoms with van der Waals surface area (Å²) in [7, 11) is 0. The van der Waals surface area contributed by atoms with Gasteiger partial charge in [0.2, 0.25) is 5.91 Å². The van der Waals surface area contributed by atoms with E-state index in [-0.39, 0.29) is 37.8 Å². The van der Waals surface area contributed by atoms with Gasteiger partial charge in [-0.1, -0.05) is 6.92 Å². The standard InChI is InChI=1S/C27H32N8O6/c1-2-18-11-19(35-15-20(41-27(35)39)17-40-25(37)12-28)3-4-22(18)32-7-9-33(10-8-32)24(36)14-30-26(38)21-16-34-6-5-29-13-23(34)31-21/h3-6,11,13,16,20H,2,7-10,12,14-15,17,28H2,1H3,(H,30,38)/t20-/m1/s1. The monoisotopic (exact) mass is 564 g/mol. The normalized spacial score (nSPS) is 17.1. The van der Waals surface area contributed by atoms with Gasteiger partial charge in [0.15, 0.2) is 11.8 Å². The molecule has 1 atom stereocenters. The number of amides is 3. The Balaban J connectivity index is 1.14. The van der Waals surface area contributed by atoms with Crippen molar-refractivity contribution in [1.29, 1.82) is 0 Å². The molecule has 2 aliphatic heterocycles. The van der Waals surface area contributed by atoms with Crippen molar-refractivity contribution in [2.75, 3.05) is 62.2 Å². The van der Waals surface area contributed by atoms with Gasteiger partial charge in [0.1, 0.15) is 12.3 Å². The minimum absolute atomic E-state index is 0.0398. The Kier molecular flexibility index (Phi) is 8.29. The second kappa shape index (κ2) is 12.2. The first-order chi connectivity index (χ1) is 19.9. The highest BCUT2D eigenvalue weighted by Gasteiger charge is 2.34. The van der Waals surface area contributed by atoms with Crippen LogP contribution in [0.25, 0.3) is 5.65 Å². The molecule has 14 nitrogen and oxygen atoms in total. The van der Waals surface area contributed by atoms with Crippen LogP contribution < -0.4 is 20.9 Å². The van der Waals surface area contributed by atoms with Crippen molar-refractivity contribution in [3.05, 3.63) is 54.2 Å². The van der Waals surface area contributed by atoms with E-state index in [1.54, 1.807) is 34.1 Å². The number of nitrogens with one attached hydrogen (secondary N) is 1. The highest BCUT2D eigenvalue weighted by Crippen LogP contribution is 2.30. The van der Waals surface area contributed by atoms with Gasteiger partial charge >= 0.3 is 12.1 Å². The Labute approximate surface area is 236 Å². The van der Waals surface area contributed by atoms with E-state index in [9.17, 15) is 19.2 Å². The number of aromatic nitrogens is 3. The molecule has 2 saturated heterocycles. The van der Waals surface area contributed by atoms with Crippen LogP contribution in [0.5, 0.6) is 0 Å². The van der Waals surface area contributed by atoms with Crippen molar-refractivity contribution in [3.63, 3.8) is 0 Å². The van der Waals surface area contributed by atoms with Gasteiger partial charge in [0.05, 0.1) is 25.8 Å². The molecule has 0 unspecified atom stereocenters. The molecule has 1 aromatic carbocycles. The van der Waals surface area contributed by atoms with Gasteiger partial charge < -0.3 is 34.7 Å². The van der Waals surface area contributed by atoms with Crippen LogP contribution in [-0.2, 0) is 25.5 Å². The van der Waals surface area contributed by atoms with Gasteiger partial charge in [-0.2, -0.15) is 0 Å². The lowest BCUT2D eigenvalue weighted by atomic mass is 10.1. The summed E-state index contributed by atoms with van der Waals surface area (Å²) < 4.78 is 12.0. The molecular weight excluding hydrogens is 532 g/mol. The largest absolute Gasteiger partial charge is 0.461 e. The van der Waals surface area contributed by atoms with Crippen LogP contribution in [0.15, 0.2) is 43.0 Å². The number of piperazine rings is 1. The first kappa shape index (κ1) is 27.8. The Morgan fingerprint density at radius 1 is 1.20 bits per heavy atom. The minimum Gasteiger partial charge on any atom is -0.461 e. The van der Waals surface area contributed by atoms with Gasteiger partial charge in [-0.15, -0.1) is 0 Å². The summed E-state index contributed by atoms with van der Waals surface area (Å²) in [6, 6.07) is 5.81. The van der Waals surface area contributed by atoms with E-state index in [0.717, 1.165) is 17.7 Å². The van der Waals surface area contributed by atoms with Crippen LogP contribution in [0.1, 0.15) is 23.0 Å². The number of nitrogens with two attached hydrogens (primary N) is 1. The maximum atomic E-state index is 12.8. The molecule has 0 spiro atoms. The van der Waals surface area contributed by atoms with Gasteiger partial charge in [-0.05, 0) is 30.2 Å². The van der Waals surface area contributed by atoms with Crippen molar-refractivity contribution in [3.8, 4) is 0 Å². The van der Waals surface area contributed by atoms with E-state index in [2.05, 4.69) is 20.2 Å². The second-order valence-corrected chi connectivity index (χ2v) is 9.69. The summed E-state index contributed by atoms with van der Waals surface area (Å²) >= 11 is 0. The molecular formula is C27H32N8O6. The molecule has 4 heterocycles. The molecule has 0 radical (unpaired) electrons. The highest BCUT2D eigenvalue weighted by atomic mass is 16.6. The van der Waals surface area contributed by atoms with Crippen LogP contribution in [-0.4, -0.2) is 102 Å². The van der Waals surface area contributed by atoms with E-state index in [1.165, 1.54) is 4.90 Å². The van der Waals surface area contributed by atoms with Crippen LogP contribution in [0.2, 0.25) is 0 Å². The molecule has 0 saturated carbocycles. The number of aryl methyl sites for hydroxylation is 1. The molecule has 3 N–H and O–H groups in total. The number of anilines is 2. The number of hydrogen-bond acceptors (Lipinski definition) is 10. The van der Waals surface area contributed by atoms with Crippen LogP contribution in [0, 0.1) is 0 Å². The lowest BCUT2D eigenvalue weighted by Gasteiger charge is -2.37. The third-order valence-corrected chi connectivity index (χ3v) is 7.10. The number of hydrogen-bond donors (Lipinski definition) is 2. The first-order valence-electron chi connectivity index (χ1n) is 13.4. The number of esters is 1. The molecule has 41 heavy (non-hydrogen) atoms. The van der Waals surface area contributed by atoms with Gasteiger partial charge in [0.25, 0.3) is 5.91 Å². The Morgan fingerprint density at radius 2 is 2.00 bits per heavy atom. The molecule has 2 aromatic heterocycles. The molecule has 3 aromatic rings. The quantitative estimate of drug-likeness (QED) is 0.343. The average molecular weight is 565 g/mol. The van der Waals surface area contributed by atoms with E-state index in [0.29, 0.717) is 37.5 Å². The molecule has 3 amide bonds. The molecule has 2 fully saturated rings. The van der Waals surface area contributed by atoms with Crippen LogP contribution in [0.3, 0.4) is 0 Å². The maximum absolute atomic E-state index is 12.8. The third kappa shape index (κ3) is 6.22. The second-order valence-electron chi connectivity index (χ2n) is 9.69. The Morgan fingerprint density at radius 3 is 2.73 bits per heavy atom. The van der Waals surface area contributed by atoms with Crippen molar-refractivity contribution in [1.82, 2.24) is 24.6 Å². The summed E-state index contributed by atoms with van der Waals surface area (Å²) in [6.45, 7) is 4.22. The Hall–Kier alpha value is -4.72. The molecule has 14 heteroatoms. The van der Waals surface area contributed by atoms with Gasteiger partial charge in [-0.25, -0.2) is 9.78 Å². The van der Waals surface area contributed by atoms with Crippen molar-refractivity contribution in [2.24, 2.45) is 5.73 Å². The number of carbonyl (C=O) groups is 4. The van der Waals surface area contributed by atoms with Crippen LogP contribution >= 0.6 is 0 Å². The highest BCUT2D eigenvalue weighted by molar-refractivity contribution is 5.95. The number of ether oxygens (including phenoxy) is 2. The zero-order valence-electron chi connectivity index (χ0n) is 22.7. The molecule has 5 rings (SSSR count). The maximum Gasteiger partial charge on any atom is 0.414 e. The fourth-order valence-corrected chi connectivity index (χ4v) is 4.90. The topological polar surface area (TPSA) is 165 Å². The predicted octanol–water partition coefficient (Wildman–Crippen LogP) is 0.197. The number of carbonyl (C=O) groups excluding carboxylic acids is 4. The summed E-state index contributed by atoms with van der Waals surface area (Å²) in [5, 5.41) is 2.66. The minimum atomic E-state index is -0.560. The van der Waals surface area contributed by atoms with Crippen LogP contribution in [0.4, 0.5) is 16.2 Å². The van der Waals surface area contributed by atoms with Crippen molar-refractivity contribution >= 4 is 40.9 Å². The summed E-state index contributed by atoms with van der Waals surface area (Å²) in [5.74, 6) is -1.13.